The van der Waals surface area contributed by atoms with Crippen molar-refractivity contribution >= 4 is 33.2 Å². The van der Waals surface area contributed by atoms with Gasteiger partial charge >= 0.3 is 0 Å². The zero-order valence-electron chi connectivity index (χ0n) is 10.4. The maximum atomic E-state index is 13.7. The summed E-state index contributed by atoms with van der Waals surface area (Å²) in [6, 6.07) is 5.63. The van der Waals surface area contributed by atoms with Gasteiger partial charge in [-0.05, 0) is 30.7 Å². The molecule has 20 heavy (non-hydrogen) atoms. The predicted molar refractivity (Wildman–Crippen MR) is 77.5 cm³/mol. The van der Waals surface area contributed by atoms with E-state index in [9.17, 15) is 13.2 Å². The third kappa shape index (κ3) is 3.27. The Balaban J connectivity index is 2.30. The molecule has 106 valence electrons. The minimum Gasteiger partial charge on any atom is -0.375 e. The number of halogens is 5. The normalized spacial score (nSPS) is 12.3. The van der Waals surface area contributed by atoms with E-state index >= 15 is 0 Å². The summed E-state index contributed by atoms with van der Waals surface area (Å²) < 4.78 is 40.3. The Morgan fingerprint density at radius 1 is 1.10 bits per heavy atom. The van der Waals surface area contributed by atoms with Gasteiger partial charge in [0.15, 0.2) is 5.82 Å². The van der Waals surface area contributed by atoms with Crippen molar-refractivity contribution in [3.05, 3.63) is 62.8 Å². The van der Waals surface area contributed by atoms with Gasteiger partial charge in [0.05, 0.1) is 10.7 Å². The molecule has 0 aliphatic heterocycles. The Bertz CT molecular complexity index is 625. The van der Waals surface area contributed by atoms with Crippen LogP contribution in [0.3, 0.4) is 0 Å². The standard InChI is InChI=1S/C14H10BrClF3N/c1-7(10-3-2-8(17)4-11(10)15)20-14-12(16)5-9(18)6-13(14)19/h2-7,20H,1H3. The van der Waals surface area contributed by atoms with Gasteiger partial charge < -0.3 is 5.32 Å². The SMILES string of the molecule is CC(Nc1c(F)cc(F)cc1Cl)c1ccc(F)cc1Br. The van der Waals surface area contributed by atoms with Crippen molar-refractivity contribution in [3.63, 3.8) is 0 Å². The molecule has 1 nitrogen and oxygen atoms in total. The highest BCUT2D eigenvalue weighted by atomic mass is 79.9. The van der Waals surface area contributed by atoms with E-state index in [-0.39, 0.29) is 22.6 Å². The molecule has 6 heteroatoms. The highest BCUT2D eigenvalue weighted by Crippen LogP contribution is 2.32. The molecule has 0 aromatic heterocycles. The molecule has 1 atom stereocenters. The Hall–Kier alpha value is -1.20. The fourth-order valence-electron chi connectivity index (χ4n) is 1.83. The first-order valence-electron chi connectivity index (χ1n) is 5.74. The van der Waals surface area contributed by atoms with Crippen molar-refractivity contribution in [1.82, 2.24) is 0 Å². The summed E-state index contributed by atoms with van der Waals surface area (Å²) >= 11 is 9.06. The van der Waals surface area contributed by atoms with Crippen LogP contribution in [0.25, 0.3) is 0 Å². The maximum Gasteiger partial charge on any atom is 0.150 e. The molecule has 0 bridgehead atoms. The van der Waals surface area contributed by atoms with E-state index in [1.165, 1.54) is 12.1 Å². The second-order valence-corrected chi connectivity index (χ2v) is 5.54. The largest absolute Gasteiger partial charge is 0.375 e. The van der Waals surface area contributed by atoms with Gasteiger partial charge in [-0.15, -0.1) is 0 Å². The minimum absolute atomic E-state index is 0.0109. The Kier molecular flexibility index (Phi) is 4.60. The fraction of sp³-hybridized carbons (Fsp3) is 0.143. The van der Waals surface area contributed by atoms with Crippen molar-refractivity contribution in [2.45, 2.75) is 13.0 Å². The molecular weight excluding hydrogens is 355 g/mol. The van der Waals surface area contributed by atoms with E-state index in [1.54, 1.807) is 13.0 Å². The molecule has 0 heterocycles. The van der Waals surface area contributed by atoms with E-state index in [1.807, 2.05) is 0 Å². The van der Waals surface area contributed by atoms with E-state index < -0.39 is 11.6 Å². The molecule has 1 N–H and O–H groups in total. The first-order chi connectivity index (χ1) is 9.38. The van der Waals surface area contributed by atoms with Crippen molar-refractivity contribution in [3.8, 4) is 0 Å². The minimum atomic E-state index is -0.778. The molecule has 0 spiro atoms. The number of anilines is 1. The molecule has 0 saturated carbocycles. The summed E-state index contributed by atoms with van der Waals surface area (Å²) in [5, 5.41) is 2.81. The van der Waals surface area contributed by atoms with Crippen LogP contribution in [0.1, 0.15) is 18.5 Å². The summed E-state index contributed by atoms with van der Waals surface area (Å²) in [5.74, 6) is -1.90. The van der Waals surface area contributed by atoms with Crippen molar-refractivity contribution in [2.75, 3.05) is 5.32 Å². The number of benzene rings is 2. The molecular formula is C14H10BrClF3N. The second kappa shape index (κ2) is 6.06. The Morgan fingerprint density at radius 2 is 1.80 bits per heavy atom. The number of hydrogen-bond donors (Lipinski definition) is 1. The third-order valence-electron chi connectivity index (χ3n) is 2.80. The zero-order valence-corrected chi connectivity index (χ0v) is 12.7. The lowest BCUT2D eigenvalue weighted by atomic mass is 10.1. The lowest BCUT2D eigenvalue weighted by Crippen LogP contribution is -2.09. The second-order valence-electron chi connectivity index (χ2n) is 4.28. The van der Waals surface area contributed by atoms with Gasteiger partial charge in [-0.25, -0.2) is 13.2 Å². The maximum absolute atomic E-state index is 13.7. The van der Waals surface area contributed by atoms with Gasteiger partial charge in [-0.3, -0.25) is 0 Å². The first kappa shape index (κ1) is 15.2. The summed E-state index contributed by atoms with van der Waals surface area (Å²) in [5.41, 5.74) is 0.739. The Morgan fingerprint density at radius 3 is 2.40 bits per heavy atom. The Labute approximate surface area is 127 Å². The molecule has 0 fully saturated rings. The van der Waals surface area contributed by atoms with Crippen LogP contribution in [-0.4, -0.2) is 0 Å². The summed E-state index contributed by atoms with van der Waals surface area (Å²) in [6.45, 7) is 1.76. The molecule has 2 rings (SSSR count). The third-order valence-corrected chi connectivity index (χ3v) is 3.78. The molecule has 1 unspecified atom stereocenters. The molecule has 2 aromatic carbocycles. The number of nitrogens with one attached hydrogen (secondary N) is 1. The van der Waals surface area contributed by atoms with Crippen LogP contribution < -0.4 is 5.32 Å². The molecule has 0 radical (unpaired) electrons. The highest BCUT2D eigenvalue weighted by molar-refractivity contribution is 9.10. The fourth-order valence-corrected chi connectivity index (χ4v) is 2.77. The molecule has 0 aliphatic carbocycles. The van der Waals surface area contributed by atoms with Crippen molar-refractivity contribution in [2.24, 2.45) is 0 Å². The molecule has 0 amide bonds. The van der Waals surface area contributed by atoms with Gasteiger partial charge in [0.1, 0.15) is 11.6 Å². The summed E-state index contributed by atoms with van der Waals surface area (Å²) in [4.78, 5) is 0. The lowest BCUT2D eigenvalue weighted by molar-refractivity contribution is 0.583. The van der Waals surface area contributed by atoms with Crippen molar-refractivity contribution in [1.29, 1.82) is 0 Å². The van der Waals surface area contributed by atoms with Crippen LogP contribution in [0.4, 0.5) is 18.9 Å². The van der Waals surface area contributed by atoms with E-state index in [4.69, 9.17) is 11.6 Å². The summed E-state index contributed by atoms with van der Waals surface area (Å²) in [6.07, 6.45) is 0. The van der Waals surface area contributed by atoms with Crippen LogP contribution in [0.5, 0.6) is 0 Å². The lowest BCUT2D eigenvalue weighted by Gasteiger charge is -2.18. The highest BCUT2D eigenvalue weighted by Gasteiger charge is 2.15. The molecule has 0 aliphatic rings. The van der Waals surface area contributed by atoms with Crippen LogP contribution in [0.15, 0.2) is 34.8 Å². The van der Waals surface area contributed by atoms with Crippen LogP contribution in [0.2, 0.25) is 5.02 Å². The van der Waals surface area contributed by atoms with Crippen LogP contribution in [-0.2, 0) is 0 Å². The molecule has 0 saturated heterocycles. The number of hydrogen-bond acceptors (Lipinski definition) is 1. The quantitative estimate of drug-likeness (QED) is 0.737. The van der Waals surface area contributed by atoms with Crippen molar-refractivity contribution < 1.29 is 13.2 Å². The monoisotopic (exact) mass is 363 g/mol. The predicted octanol–water partition coefficient (Wildman–Crippen LogP) is 5.69. The van der Waals surface area contributed by atoms with E-state index in [0.29, 0.717) is 4.47 Å². The smallest absolute Gasteiger partial charge is 0.150 e. The van der Waals surface area contributed by atoms with Gasteiger partial charge in [-0.1, -0.05) is 33.6 Å². The van der Waals surface area contributed by atoms with Gasteiger partial charge in [-0.2, -0.15) is 0 Å². The first-order valence-corrected chi connectivity index (χ1v) is 6.91. The van der Waals surface area contributed by atoms with Crippen LogP contribution >= 0.6 is 27.5 Å². The molecule has 2 aromatic rings. The van der Waals surface area contributed by atoms with E-state index in [2.05, 4.69) is 21.2 Å². The van der Waals surface area contributed by atoms with Gasteiger partial charge in [0, 0.05) is 16.6 Å². The number of rotatable bonds is 3. The topological polar surface area (TPSA) is 12.0 Å². The average Bonchev–Trinajstić information content (AvgIpc) is 2.33. The van der Waals surface area contributed by atoms with Gasteiger partial charge in [0.2, 0.25) is 0 Å². The zero-order chi connectivity index (χ0) is 14.9. The van der Waals surface area contributed by atoms with Crippen LogP contribution in [0, 0.1) is 17.5 Å². The van der Waals surface area contributed by atoms with Gasteiger partial charge in [0.25, 0.3) is 0 Å². The summed E-state index contributed by atoms with van der Waals surface area (Å²) in [7, 11) is 0. The average molecular weight is 365 g/mol. The van der Waals surface area contributed by atoms with E-state index in [0.717, 1.165) is 17.7 Å².